The quantitative estimate of drug-likeness (QED) is 0.402. The summed E-state index contributed by atoms with van der Waals surface area (Å²) in [7, 11) is -4.27. The molecule has 0 saturated heterocycles. The lowest BCUT2D eigenvalue weighted by Crippen LogP contribution is -3.61. The molecule has 0 aliphatic rings. The summed E-state index contributed by atoms with van der Waals surface area (Å²) >= 11 is -0.0304. The maximum atomic E-state index is 10.4. The average molecular weight is 508 g/mol. The average Bonchev–Trinajstić information content (AvgIpc) is 2.61. The van der Waals surface area contributed by atoms with Crippen LogP contribution in [0, 0.1) is 41.8 Å². The van der Waals surface area contributed by atoms with Crippen molar-refractivity contribution in [3.8, 4) is 0 Å². The predicted molar refractivity (Wildman–Crippen MR) is 108 cm³/mol. The fraction of sp³-hybridized carbons (Fsp3) is 0.217. The first kappa shape index (κ1) is 22.6. The third kappa shape index (κ3) is 6.72. The van der Waals surface area contributed by atoms with Gasteiger partial charge in [-0.15, -0.1) is 0 Å². The van der Waals surface area contributed by atoms with Gasteiger partial charge in [-0.2, -0.15) is 0 Å². The molecule has 0 amide bonds. The summed E-state index contributed by atoms with van der Waals surface area (Å²) in [5.74, 6) is 0. The fourth-order valence-corrected chi connectivity index (χ4v) is 5.51. The van der Waals surface area contributed by atoms with E-state index in [0.29, 0.717) is 0 Å². The van der Waals surface area contributed by atoms with Crippen molar-refractivity contribution < 1.29 is 34.2 Å². The van der Waals surface area contributed by atoms with E-state index in [2.05, 4.69) is 64.1 Å². The van der Waals surface area contributed by atoms with Gasteiger partial charge in [-0.1, -0.05) is 29.8 Å². The standard InChI is InChI=1S/C16H18I.C7H8O3S/c1-11-5-7-15(9-13(11)3)17-16-8-6-12(2)14(4)10-16;1-6-2-4-7(5-3-6)11(8,9)10/h5-10H,1-4H3;2-5H,1H3,(H,8,9,10)/q+1;/p-1. The Balaban J connectivity index is 0.000000221. The zero-order valence-corrected chi connectivity index (χ0v) is 19.8. The predicted octanol–water partition coefficient (Wildman–Crippen LogP) is 1.95. The van der Waals surface area contributed by atoms with E-state index in [1.54, 1.807) is 12.1 Å². The van der Waals surface area contributed by atoms with Gasteiger partial charge in [0.05, 0.1) is 4.90 Å². The van der Waals surface area contributed by atoms with E-state index in [4.69, 9.17) is 0 Å². The van der Waals surface area contributed by atoms with Crippen LogP contribution in [0.25, 0.3) is 0 Å². The highest BCUT2D eigenvalue weighted by molar-refractivity contribution is 7.85. The van der Waals surface area contributed by atoms with E-state index in [1.165, 1.54) is 41.5 Å². The van der Waals surface area contributed by atoms with Crippen LogP contribution in [0.4, 0.5) is 0 Å². The molecule has 28 heavy (non-hydrogen) atoms. The van der Waals surface area contributed by atoms with Gasteiger partial charge >= 0.3 is 21.2 Å². The van der Waals surface area contributed by atoms with Crippen LogP contribution in [0.1, 0.15) is 27.8 Å². The topological polar surface area (TPSA) is 57.2 Å². The zero-order chi connectivity index (χ0) is 20.9. The molecular weight excluding hydrogens is 483 g/mol. The molecule has 0 fully saturated rings. The van der Waals surface area contributed by atoms with Crippen molar-refractivity contribution in [3.05, 3.63) is 95.6 Å². The van der Waals surface area contributed by atoms with Crippen LogP contribution in [0.5, 0.6) is 0 Å². The summed E-state index contributed by atoms with van der Waals surface area (Å²) in [6.07, 6.45) is 0. The second-order valence-corrected chi connectivity index (χ2v) is 11.2. The molecule has 0 radical (unpaired) electrons. The molecule has 0 aliphatic heterocycles. The summed E-state index contributed by atoms with van der Waals surface area (Å²) in [4.78, 5) is -0.178. The van der Waals surface area contributed by atoms with Gasteiger partial charge in [0, 0.05) is 0 Å². The number of aryl methyl sites for hydroxylation is 5. The highest BCUT2D eigenvalue weighted by Gasteiger charge is 2.16. The Bertz CT molecular complexity index is 1010. The number of benzene rings is 3. The van der Waals surface area contributed by atoms with Crippen molar-refractivity contribution in [3.63, 3.8) is 0 Å². The van der Waals surface area contributed by atoms with E-state index in [9.17, 15) is 13.0 Å². The Morgan fingerprint density at radius 1 is 0.643 bits per heavy atom. The SMILES string of the molecule is Cc1ccc(S(=O)(=O)[O-])cc1.Cc1ccc([I+]c2ccc(C)c(C)c2)cc1C. The molecule has 0 saturated carbocycles. The largest absolute Gasteiger partial charge is 0.744 e. The van der Waals surface area contributed by atoms with Crippen LogP contribution in [0.15, 0.2) is 65.6 Å². The fourth-order valence-electron chi connectivity index (χ4n) is 2.36. The number of hydrogen-bond acceptors (Lipinski definition) is 3. The summed E-state index contributed by atoms with van der Waals surface area (Å²) in [5, 5.41) is 0. The summed E-state index contributed by atoms with van der Waals surface area (Å²) in [5.41, 5.74) is 6.52. The van der Waals surface area contributed by atoms with Crippen LogP contribution >= 0.6 is 0 Å². The lowest BCUT2D eigenvalue weighted by Gasteiger charge is -2.05. The van der Waals surface area contributed by atoms with Crippen LogP contribution in [0.3, 0.4) is 0 Å². The van der Waals surface area contributed by atoms with Gasteiger partial charge in [0.15, 0.2) is 7.14 Å². The molecule has 0 heterocycles. The molecule has 0 N–H and O–H groups in total. The van der Waals surface area contributed by atoms with Crippen molar-refractivity contribution in [2.24, 2.45) is 0 Å². The van der Waals surface area contributed by atoms with Crippen molar-refractivity contribution in [2.45, 2.75) is 39.5 Å². The second-order valence-electron chi connectivity index (χ2n) is 6.82. The second kappa shape index (κ2) is 9.67. The minimum Gasteiger partial charge on any atom is -0.744 e. The molecule has 3 aromatic rings. The smallest absolute Gasteiger partial charge is 0.357 e. The molecule has 0 unspecified atom stereocenters. The third-order valence-corrected chi connectivity index (χ3v) is 7.90. The van der Waals surface area contributed by atoms with E-state index in [1.807, 2.05) is 6.92 Å². The lowest BCUT2D eigenvalue weighted by molar-refractivity contribution is -0.597. The summed E-state index contributed by atoms with van der Waals surface area (Å²) in [6, 6.07) is 19.5. The van der Waals surface area contributed by atoms with E-state index in [0.717, 1.165) is 5.56 Å². The van der Waals surface area contributed by atoms with Crippen molar-refractivity contribution >= 4 is 10.1 Å². The Hall–Kier alpha value is -1.70. The van der Waals surface area contributed by atoms with Crippen LogP contribution < -0.4 is 21.2 Å². The zero-order valence-electron chi connectivity index (χ0n) is 16.8. The molecule has 3 nitrogen and oxygen atoms in total. The highest BCUT2D eigenvalue weighted by atomic mass is 127. The van der Waals surface area contributed by atoms with E-state index >= 15 is 0 Å². The van der Waals surface area contributed by atoms with Gasteiger partial charge in [-0.25, -0.2) is 8.42 Å². The minimum atomic E-state index is -4.27. The van der Waals surface area contributed by atoms with Gasteiger partial charge in [0.2, 0.25) is 0 Å². The number of halogens is 1. The molecule has 5 heteroatoms. The van der Waals surface area contributed by atoms with Crippen molar-refractivity contribution in [1.29, 1.82) is 0 Å². The van der Waals surface area contributed by atoms with Crippen molar-refractivity contribution in [1.82, 2.24) is 0 Å². The minimum absolute atomic E-state index is 0.0304. The van der Waals surface area contributed by atoms with Crippen LogP contribution in [0.2, 0.25) is 0 Å². The lowest BCUT2D eigenvalue weighted by atomic mass is 10.1. The van der Waals surface area contributed by atoms with E-state index in [-0.39, 0.29) is 26.1 Å². The molecule has 0 aromatic heterocycles. The number of rotatable bonds is 3. The Morgan fingerprint density at radius 2 is 1.07 bits per heavy atom. The Kier molecular flexibility index (Phi) is 7.80. The monoisotopic (exact) mass is 508 g/mol. The third-order valence-electron chi connectivity index (χ3n) is 4.47. The van der Waals surface area contributed by atoms with Gasteiger partial charge in [0.25, 0.3) is 0 Å². The molecule has 3 aromatic carbocycles. The van der Waals surface area contributed by atoms with Gasteiger partial charge in [0.1, 0.15) is 10.1 Å². The van der Waals surface area contributed by atoms with Crippen LogP contribution in [-0.4, -0.2) is 13.0 Å². The molecule has 0 atom stereocenters. The molecule has 0 aliphatic carbocycles. The van der Waals surface area contributed by atoms with Gasteiger partial charge in [-0.05, 0) is 93.3 Å². The van der Waals surface area contributed by atoms with E-state index < -0.39 is 10.1 Å². The van der Waals surface area contributed by atoms with Gasteiger partial charge in [-0.3, -0.25) is 0 Å². The molecule has 3 rings (SSSR count). The highest BCUT2D eigenvalue weighted by Crippen LogP contribution is 2.08. The molecule has 148 valence electrons. The first-order chi connectivity index (χ1) is 13.1. The first-order valence-electron chi connectivity index (χ1n) is 8.88. The normalized spacial score (nSPS) is 10.9. The molecular formula is C23H25IO3S. The Labute approximate surface area is 178 Å². The van der Waals surface area contributed by atoms with Crippen LogP contribution in [-0.2, 0) is 10.1 Å². The number of hydrogen-bond donors (Lipinski definition) is 0. The molecule has 0 spiro atoms. The Morgan fingerprint density at radius 3 is 1.43 bits per heavy atom. The maximum absolute atomic E-state index is 10.4. The first-order valence-corrected chi connectivity index (χ1v) is 12.4. The van der Waals surface area contributed by atoms with Crippen molar-refractivity contribution in [2.75, 3.05) is 0 Å². The maximum Gasteiger partial charge on any atom is 0.357 e. The summed E-state index contributed by atoms with van der Waals surface area (Å²) < 4.78 is 34.2. The van der Waals surface area contributed by atoms with Gasteiger partial charge < -0.3 is 4.55 Å². The molecule has 0 bridgehead atoms. The summed E-state index contributed by atoms with van der Waals surface area (Å²) in [6.45, 7) is 10.6.